The van der Waals surface area contributed by atoms with E-state index in [9.17, 15) is 9.90 Å². The highest BCUT2D eigenvalue weighted by molar-refractivity contribution is 5.73. The predicted molar refractivity (Wildman–Crippen MR) is 109 cm³/mol. The Morgan fingerprint density at radius 1 is 0.720 bits per heavy atom. The SMILES string of the molecule is CCCCCCCCCCCCCCCCCC[C@@H](CO)NC(C)=O. The lowest BCUT2D eigenvalue weighted by Gasteiger charge is -2.14. The van der Waals surface area contributed by atoms with Crippen LogP contribution in [0.2, 0.25) is 0 Å². The Kier molecular flexibility index (Phi) is 19.3. The first kappa shape index (κ1) is 24.4. The molecule has 150 valence electrons. The average Bonchev–Trinajstić information content (AvgIpc) is 2.60. The molecule has 0 aromatic rings. The Bertz CT molecular complexity index is 281. The number of rotatable bonds is 19. The predicted octanol–water partition coefficient (Wildman–Crippen LogP) is 6.14. The summed E-state index contributed by atoms with van der Waals surface area (Å²) in [6.45, 7) is 3.84. The maximum atomic E-state index is 11.0. The standard InChI is InChI=1S/C22H45NO2/c1-3-4-5-6-7-8-9-10-11-12-13-14-15-16-17-18-19-22(20-24)23-21(2)25/h22,24H,3-20H2,1-2H3,(H,23,25)/t22-/m0/s1. The first-order valence-corrected chi connectivity index (χ1v) is 11.1. The third kappa shape index (κ3) is 19.6. The van der Waals surface area contributed by atoms with Crippen molar-refractivity contribution in [3.63, 3.8) is 0 Å². The smallest absolute Gasteiger partial charge is 0.217 e. The van der Waals surface area contributed by atoms with Crippen LogP contribution in [0.3, 0.4) is 0 Å². The van der Waals surface area contributed by atoms with Gasteiger partial charge in [-0.2, -0.15) is 0 Å². The van der Waals surface area contributed by atoms with Crippen molar-refractivity contribution in [2.75, 3.05) is 6.61 Å². The van der Waals surface area contributed by atoms with Crippen LogP contribution in [0.25, 0.3) is 0 Å². The van der Waals surface area contributed by atoms with Crippen LogP contribution in [-0.4, -0.2) is 23.7 Å². The summed E-state index contributed by atoms with van der Waals surface area (Å²) in [4.78, 5) is 11.0. The molecule has 0 saturated carbocycles. The molecule has 0 rings (SSSR count). The lowest BCUT2D eigenvalue weighted by Crippen LogP contribution is -2.35. The van der Waals surface area contributed by atoms with E-state index in [1.807, 2.05) is 0 Å². The number of unbranched alkanes of at least 4 members (excludes halogenated alkanes) is 15. The summed E-state index contributed by atoms with van der Waals surface area (Å²) < 4.78 is 0. The largest absolute Gasteiger partial charge is 0.394 e. The van der Waals surface area contributed by atoms with Crippen molar-refractivity contribution in [2.24, 2.45) is 0 Å². The normalized spacial score (nSPS) is 12.3. The highest BCUT2D eigenvalue weighted by atomic mass is 16.3. The van der Waals surface area contributed by atoms with Crippen molar-refractivity contribution in [3.8, 4) is 0 Å². The summed E-state index contributed by atoms with van der Waals surface area (Å²) in [6, 6.07) is -0.0517. The first-order chi connectivity index (χ1) is 12.2. The lowest BCUT2D eigenvalue weighted by atomic mass is 10.0. The van der Waals surface area contributed by atoms with Gasteiger partial charge in [0, 0.05) is 6.92 Å². The molecule has 0 bridgehead atoms. The zero-order valence-electron chi connectivity index (χ0n) is 17.2. The van der Waals surface area contributed by atoms with Crippen LogP contribution in [-0.2, 0) is 4.79 Å². The minimum atomic E-state index is -0.0517. The number of aliphatic hydroxyl groups is 1. The Balaban J connectivity index is 3.15. The maximum absolute atomic E-state index is 11.0. The van der Waals surface area contributed by atoms with Gasteiger partial charge >= 0.3 is 0 Å². The molecule has 0 heterocycles. The number of amides is 1. The molecular formula is C22H45NO2. The summed E-state index contributed by atoms with van der Waals surface area (Å²) in [5, 5.41) is 12.0. The molecule has 0 aliphatic carbocycles. The number of nitrogens with one attached hydrogen (secondary N) is 1. The molecule has 0 aliphatic heterocycles. The van der Waals surface area contributed by atoms with E-state index in [2.05, 4.69) is 12.2 Å². The number of aliphatic hydroxyl groups excluding tert-OH is 1. The molecule has 25 heavy (non-hydrogen) atoms. The number of hydrogen-bond acceptors (Lipinski definition) is 2. The van der Waals surface area contributed by atoms with Gasteiger partial charge < -0.3 is 10.4 Å². The molecule has 0 radical (unpaired) electrons. The van der Waals surface area contributed by atoms with Gasteiger partial charge in [0.1, 0.15) is 0 Å². The van der Waals surface area contributed by atoms with Crippen LogP contribution in [0.15, 0.2) is 0 Å². The Hall–Kier alpha value is -0.570. The van der Waals surface area contributed by atoms with Gasteiger partial charge in [0.25, 0.3) is 0 Å². The quantitative estimate of drug-likeness (QED) is 0.274. The van der Waals surface area contributed by atoms with Crippen LogP contribution in [0.1, 0.15) is 123 Å². The summed E-state index contributed by atoms with van der Waals surface area (Å²) in [5.41, 5.74) is 0. The van der Waals surface area contributed by atoms with Gasteiger partial charge in [0.05, 0.1) is 12.6 Å². The lowest BCUT2D eigenvalue weighted by molar-refractivity contribution is -0.120. The van der Waals surface area contributed by atoms with Gasteiger partial charge in [-0.05, 0) is 6.42 Å². The van der Waals surface area contributed by atoms with Gasteiger partial charge in [0.2, 0.25) is 5.91 Å². The molecule has 2 N–H and O–H groups in total. The van der Waals surface area contributed by atoms with E-state index in [-0.39, 0.29) is 18.6 Å². The minimum Gasteiger partial charge on any atom is -0.394 e. The molecule has 0 aromatic carbocycles. The molecule has 3 heteroatoms. The van der Waals surface area contributed by atoms with E-state index < -0.39 is 0 Å². The maximum Gasteiger partial charge on any atom is 0.217 e. The fourth-order valence-corrected chi connectivity index (χ4v) is 3.44. The highest BCUT2D eigenvalue weighted by Gasteiger charge is 2.07. The van der Waals surface area contributed by atoms with Crippen molar-refractivity contribution in [2.45, 2.75) is 129 Å². The van der Waals surface area contributed by atoms with Crippen LogP contribution in [0.5, 0.6) is 0 Å². The van der Waals surface area contributed by atoms with Crippen molar-refractivity contribution < 1.29 is 9.90 Å². The zero-order valence-corrected chi connectivity index (χ0v) is 17.2. The number of carbonyl (C=O) groups is 1. The van der Waals surface area contributed by atoms with Gasteiger partial charge in [-0.25, -0.2) is 0 Å². The summed E-state index contributed by atoms with van der Waals surface area (Å²) in [7, 11) is 0. The number of hydrogen-bond donors (Lipinski definition) is 2. The number of carbonyl (C=O) groups excluding carboxylic acids is 1. The molecule has 0 saturated heterocycles. The summed E-state index contributed by atoms with van der Waals surface area (Å²) in [6.07, 6.45) is 22.8. The van der Waals surface area contributed by atoms with E-state index in [1.54, 1.807) is 0 Å². The second kappa shape index (κ2) is 19.8. The second-order valence-electron chi connectivity index (χ2n) is 7.67. The first-order valence-electron chi connectivity index (χ1n) is 11.1. The monoisotopic (exact) mass is 355 g/mol. The van der Waals surface area contributed by atoms with Crippen molar-refractivity contribution in [3.05, 3.63) is 0 Å². The molecule has 0 unspecified atom stereocenters. The Labute approximate surface area is 157 Å². The summed E-state index contributed by atoms with van der Waals surface area (Å²) >= 11 is 0. The van der Waals surface area contributed by atoms with Crippen molar-refractivity contribution in [1.29, 1.82) is 0 Å². The molecule has 0 aromatic heterocycles. The third-order valence-corrected chi connectivity index (χ3v) is 5.03. The van der Waals surface area contributed by atoms with Crippen LogP contribution >= 0.6 is 0 Å². The molecular weight excluding hydrogens is 310 g/mol. The molecule has 1 atom stereocenters. The fraction of sp³-hybridized carbons (Fsp3) is 0.955. The van der Waals surface area contributed by atoms with Crippen LogP contribution < -0.4 is 5.32 Å². The molecule has 1 amide bonds. The second-order valence-corrected chi connectivity index (χ2v) is 7.67. The fourth-order valence-electron chi connectivity index (χ4n) is 3.44. The van der Waals surface area contributed by atoms with E-state index in [1.165, 1.54) is 103 Å². The van der Waals surface area contributed by atoms with Crippen molar-refractivity contribution in [1.82, 2.24) is 5.32 Å². The van der Waals surface area contributed by atoms with Gasteiger partial charge in [-0.15, -0.1) is 0 Å². The summed E-state index contributed by atoms with van der Waals surface area (Å²) in [5.74, 6) is -0.0458. The topological polar surface area (TPSA) is 49.3 Å². The van der Waals surface area contributed by atoms with Gasteiger partial charge in [0.15, 0.2) is 0 Å². The van der Waals surface area contributed by atoms with E-state index >= 15 is 0 Å². The van der Waals surface area contributed by atoms with Gasteiger partial charge in [-0.3, -0.25) is 4.79 Å². The van der Waals surface area contributed by atoms with Gasteiger partial charge in [-0.1, -0.05) is 110 Å². The Morgan fingerprint density at radius 2 is 1.08 bits per heavy atom. The van der Waals surface area contributed by atoms with Crippen LogP contribution in [0, 0.1) is 0 Å². The molecule has 0 spiro atoms. The molecule has 0 aliphatic rings. The minimum absolute atomic E-state index is 0.0458. The third-order valence-electron chi connectivity index (χ3n) is 5.03. The van der Waals surface area contributed by atoms with E-state index in [4.69, 9.17) is 0 Å². The van der Waals surface area contributed by atoms with Crippen LogP contribution in [0.4, 0.5) is 0 Å². The average molecular weight is 356 g/mol. The molecule has 3 nitrogen and oxygen atoms in total. The Morgan fingerprint density at radius 3 is 1.40 bits per heavy atom. The van der Waals surface area contributed by atoms with Crippen molar-refractivity contribution >= 4 is 5.91 Å². The zero-order chi connectivity index (χ0) is 18.6. The van der Waals surface area contributed by atoms with E-state index in [0.717, 1.165) is 12.8 Å². The molecule has 0 fully saturated rings. The van der Waals surface area contributed by atoms with E-state index in [0.29, 0.717) is 0 Å². The highest BCUT2D eigenvalue weighted by Crippen LogP contribution is 2.14.